The van der Waals surface area contributed by atoms with Crippen LogP contribution in [0.2, 0.25) is 0 Å². The van der Waals surface area contributed by atoms with Crippen LogP contribution < -0.4 is 0 Å². The number of rotatable bonds is 0. The maximum Gasteiger partial charge on any atom is 0.0654 e. The molecule has 0 fully saturated rings. The van der Waals surface area contributed by atoms with Crippen LogP contribution >= 0.6 is 12.6 Å². The summed E-state index contributed by atoms with van der Waals surface area (Å²) in [6.45, 7) is 0. The van der Waals surface area contributed by atoms with Crippen molar-refractivity contribution in [1.29, 1.82) is 0 Å². The lowest BCUT2D eigenvalue weighted by molar-refractivity contribution is 0.277. The van der Waals surface area contributed by atoms with Crippen molar-refractivity contribution in [2.45, 2.75) is 0 Å². The molecule has 0 aromatic rings. The third kappa shape index (κ3) is 59.8. The van der Waals surface area contributed by atoms with Gasteiger partial charge in [-0.05, 0) is 0 Å². The topological polar surface area (TPSA) is 17.1 Å². The summed E-state index contributed by atoms with van der Waals surface area (Å²) in [5.74, 6) is 0. The Labute approximate surface area is 35.2 Å². The molecule has 0 saturated carbocycles. The Morgan fingerprint density at radius 1 is 2.00 bits per heavy atom. The Morgan fingerprint density at radius 2 is 2.00 bits per heavy atom. The second-order valence-electron chi connectivity index (χ2n) is 0.266. The van der Waals surface area contributed by atoms with Crippen molar-refractivity contribution in [3.8, 4) is 0 Å². The first-order valence-electron chi connectivity index (χ1n) is 0.632. The predicted molar refractivity (Wildman–Crippen MR) is 21.7 cm³/mol. The Kier molecular flexibility index (Phi) is 1.64. The Balaban J connectivity index is 2.80. The molecule has 0 saturated heterocycles. The van der Waals surface area contributed by atoms with E-state index in [1.54, 1.807) is 0 Å². The van der Waals surface area contributed by atoms with Crippen molar-refractivity contribution in [2.24, 2.45) is 0 Å². The molecule has 0 unspecified atom stereocenters. The first-order chi connectivity index (χ1) is 1.73. The van der Waals surface area contributed by atoms with Gasteiger partial charge in [0.15, 0.2) is 0 Å². The van der Waals surface area contributed by atoms with Gasteiger partial charge in [-0.3, -0.25) is 0 Å². The molecule has 0 aromatic carbocycles. The highest BCUT2D eigenvalue weighted by Gasteiger charge is 1.45. The van der Waals surface area contributed by atoms with Crippen LogP contribution in [-0.2, 0) is 12.6 Å². The summed E-state index contributed by atoms with van der Waals surface area (Å²) in [5.41, 5.74) is 0. The van der Waals surface area contributed by atoms with Crippen LogP contribution in [0.4, 0.5) is 4.79 Å². The molecular formula is CHOS2-. The normalized spacial score (nSPS) is 6.25. The van der Waals surface area contributed by atoms with Gasteiger partial charge in [-0.1, -0.05) is 0 Å². The van der Waals surface area contributed by atoms with E-state index < -0.39 is 4.45 Å². The second-order valence-corrected chi connectivity index (χ2v) is 1.35. The highest BCUT2D eigenvalue weighted by atomic mass is 32.2. The van der Waals surface area contributed by atoms with Gasteiger partial charge < -0.3 is 17.4 Å². The summed E-state index contributed by atoms with van der Waals surface area (Å²) in [4.78, 5) is 9.12. The van der Waals surface area contributed by atoms with Gasteiger partial charge in [0.05, 0.1) is 4.45 Å². The molecule has 0 aliphatic heterocycles. The van der Waals surface area contributed by atoms with Gasteiger partial charge in [-0.25, -0.2) is 0 Å². The number of hydrogen-bond acceptors (Lipinski definition) is 2. The molecule has 1 nitrogen and oxygen atoms in total. The lowest BCUT2D eigenvalue weighted by atomic mass is 11.8. The third-order valence-corrected chi connectivity index (χ3v) is 0. The van der Waals surface area contributed by atoms with Crippen LogP contribution in [0.3, 0.4) is 0 Å². The van der Waals surface area contributed by atoms with E-state index in [0.29, 0.717) is 0 Å². The first kappa shape index (κ1) is 4.24. The van der Waals surface area contributed by atoms with E-state index in [-0.39, 0.29) is 0 Å². The smallest absolute Gasteiger partial charge is 0.0654 e. The van der Waals surface area contributed by atoms with E-state index in [2.05, 4.69) is 25.3 Å². The summed E-state index contributed by atoms with van der Waals surface area (Å²) < 4.78 is -0.556. The number of hydrogen-bond donors (Lipinski definition) is 1. The number of carbonyl (C=O) groups excluding carboxylic acids is 1. The molecule has 0 bridgehead atoms. The molecule has 0 aromatic heterocycles. The zero-order valence-corrected chi connectivity index (χ0v) is 3.47. The van der Waals surface area contributed by atoms with Crippen LogP contribution in [0, 0.1) is 0 Å². The molecule has 0 rings (SSSR count). The number of thiol groups is 1. The quantitative estimate of drug-likeness (QED) is 0.348. The van der Waals surface area contributed by atoms with Crippen molar-refractivity contribution >= 4 is 29.7 Å². The minimum atomic E-state index is -0.556. The number of carbonyl (C=O) groups is 1. The average molecular weight is 93.2 g/mol. The van der Waals surface area contributed by atoms with Crippen molar-refractivity contribution in [3.05, 3.63) is 0 Å². The third-order valence-electron chi connectivity index (χ3n) is 0. The minimum absolute atomic E-state index is 0.556. The van der Waals surface area contributed by atoms with E-state index in [1.807, 2.05) is 0 Å². The zero-order valence-electron chi connectivity index (χ0n) is 1.76. The van der Waals surface area contributed by atoms with E-state index >= 15 is 0 Å². The van der Waals surface area contributed by atoms with Gasteiger partial charge in [-0.15, -0.1) is 12.6 Å². The summed E-state index contributed by atoms with van der Waals surface area (Å²) >= 11 is 6.99. The van der Waals surface area contributed by atoms with E-state index in [0.717, 1.165) is 0 Å². The molecule has 0 atom stereocenters. The Morgan fingerprint density at radius 3 is 2.00 bits per heavy atom. The maximum atomic E-state index is 9.12. The molecule has 0 aliphatic carbocycles. The summed E-state index contributed by atoms with van der Waals surface area (Å²) in [6, 6.07) is 0. The van der Waals surface area contributed by atoms with Crippen LogP contribution in [0.1, 0.15) is 0 Å². The van der Waals surface area contributed by atoms with Crippen LogP contribution in [-0.4, -0.2) is 4.45 Å². The summed E-state index contributed by atoms with van der Waals surface area (Å²) in [7, 11) is 0. The molecule has 3 heteroatoms. The minimum Gasteiger partial charge on any atom is -0.731 e. The van der Waals surface area contributed by atoms with Crippen molar-refractivity contribution in [1.82, 2.24) is 0 Å². The molecule has 0 amide bonds. The lowest BCUT2D eigenvalue weighted by Gasteiger charge is -1.80. The fraction of sp³-hybridized carbons (Fsp3) is 0. The second kappa shape index (κ2) is 1.55. The molecule has 0 N–H and O–H groups in total. The van der Waals surface area contributed by atoms with Crippen LogP contribution in [0.25, 0.3) is 0 Å². The van der Waals surface area contributed by atoms with Gasteiger partial charge in [0.2, 0.25) is 0 Å². The van der Waals surface area contributed by atoms with E-state index in [4.69, 9.17) is 4.79 Å². The Bertz CT molecular complexity index is 29.0. The molecule has 0 radical (unpaired) electrons. The molecule has 24 valence electrons. The van der Waals surface area contributed by atoms with Crippen molar-refractivity contribution < 1.29 is 4.79 Å². The van der Waals surface area contributed by atoms with E-state index in [1.165, 1.54) is 0 Å². The molecule has 0 spiro atoms. The average Bonchev–Trinajstić information content (AvgIpc) is 0.811. The highest BCUT2D eigenvalue weighted by molar-refractivity contribution is 8.15. The van der Waals surface area contributed by atoms with Crippen molar-refractivity contribution in [3.63, 3.8) is 0 Å². The molecule has 0 aliphatic rings. The fourth-order valence-electron chi connectivity index (χ4n) is 0. The van der Waals surface area contributed by atoms with Crippen LogP contribution in [0.5, 0.6) is 0 Å². The van der Waals surface area contributed by atoms with Gasteiger partial charge in [-0.2, -0.15) is 0 Å². The molecule has 0 heterocycles. The van der Waals surface area contributed by atoms with E-state index in [9.17, 15) is 0 Å². The first-order valence-corrected chi connectivity index (χ1v) is 1.49. The fourth-order valence-corrected chi connectivity index (χ4v) is 0. The van der Waals surface area contributed by atoms with Gasteiger partial charge in [0.1, 0.15) is 0 Å². The lowest BCUT2D eigenvalue weighted by Crippen LogP contribution is -1.59. The van der Waals surface area contributed by atoms with Gasteiger partial charge in [0.25, 0.3) is 0 Å². The summed E-state index contributed by atoms with van der Waals surface area (Å²) in [5, 5.41) is 0. The van der Waals surface area contributed by atoms with Crippen molar-refractivity contribution in [2.75, 3.05) is 0 Å². The monoisotopic (exact) mass is 92.9 g/mol. The predicted octanol–water partition coefficient (Wildman–Crippen LogP) is 0.583. The molecule has 4 heavy (non-hydrogen) atoms. The SMILES string of the molecule is O=C([S-])S. The zero-order chi connectivity index (χ0) is 3.58. The summed E-state index contributed by atoms with van der Waals surface area (Å²) in [6.07, 6.45) is 0. The standard InChI is InChI=1S/CH2OS2/c2-1(3)4/h(H2,2,3,4)/p-1. The Hall–Kier alpha value is 0.240. The highest BCUT2D eigenvalue weighted by Crippen LogP contribution is 1.69. The van der Waals surface area contributed by atoms with Crippen LogP contribution in [0.15, 0.2) is 0 Å². The van der Waals surface area contributed by atoms with Gasteiger partial charge in [0, 0.05) is 0 Å². The largest absolute Gasteiger partial charge is 0.731 e. The van der Waals surface area contributed by atoms with Gasteiger partial charge >= 0.3 is 0 Å². The maximum absolute atomic E-state index is 9.12. The molecular weight excluding hydrogens is 92.1 g/mol.